The molecule has 1 aromatic rings. The van der Waals surface area contributed by atoms with Gasteiger partial charge in [-0.3, -0.25) is 4.79 Å². The number of unbranched alkanes of at least 4 members (excludes halogenated alkanes) is 1. The highest BCUT2D eigenvalue weighted by Crippen LogP contribution is 2.25. The lowest BCUT2D eigenvalue weighted by molar-refractivity contribution is -0.182. The molecule has 0 aliphatic carbocycles. The van der Waals surface area contributed by atoms with Crippen LogP contribution in [0.25, 0.3) is 0 Å². The van der Waals surface area contributed by atoms with Crippen LogP contribution in [0, 0.1) is 17.1 Å². The number of ether oxygens (including phenoxy) is 1. The van der Waals surface area contributed by atoms with Gasteiger partial charge in [-0.1, -0.05) is 11.6 Å². The average molecular weight is 370 g/mol. The molecule has 7 nitrogen and oxygen atoms in total. The summed E-state index contributed by atoms with van der Waals surface area (Å²) in [5.41, 5.74) is 0.407. The second-order valence-electron chi connectivity index (χ2n) is 5.61. The summed E-state index contributed by atoms with van der Waals surface area (Å²) in [4.78, 5) is 25.3. The molecular weight excluding hydrogens is 353 g/mol. The van der Waals surface area contributed by atoms with E-state index in [0.29, 0.717) is 24.9 Å². The van der Waals surface area contributed by atoms with E-state index in [2.05, 4.69) is 5.32 Å². The topological polar surface area (TPSA) is 103 Å². The number of amides is 2. The summed E-state index contributed by atoms with van der Waals surface area (Å²) in [5, 5.41) is 21.2. The Morgan fingerprint density at radius 2 is 2.28 bits per heavy atom. The monoisotopic (exact) mass is 369 g/mol. The predicted octanol–water partition coefficient (Wildman–Crippen LogP) is 1.93. The quantitative estimate of drug-likeness (QED) is 0.589. The molecule has 1 saturated heterocycles. The van der Waals surface area contributed by atoms with Gasteiger partial charge in [0.25, 0.3) is 11.7 Å². The fourth-order valence-corrected chi connectivity index (χ4v) is 2.72. The molecule has 134 valence electrons. The van der Waals surface area contributed by atoms with E-state index in [1.807, 2.05) is 6.07 Å². The van der Waals surface area contributed by atoms with Gasteiger partial charge in [0, 0.05) is 37.5 Å². The number of alkyl carbamates (subject to hydrolysis) is 1. The van der Waals surface area contributed by atoms with E-state index in [1.54, 1.807) is 0 Å². The number of likely N-dealkylation sites (tertiary alicyclic amines) is 1. The summed E-state index contributed by atoms with van der Waals surface area (Å²) in [6.45, 7) is 0.460. The SMILES string of the molecule is N#CCCCN1CCC(O)(OC(=O)NCc2cc(F)cc(Cl)c2)C1=O. The normalized spacial score (nSPS) is 19.6. The highest BCUT2D eigenvalue weighted by Gasteiger charge is 2.48. The molecular formula is C16H17ClFN3O4. The van der Waals surface area contributed by atoms with Crippen molar-refractivity contribution < 1.29 is 23.8 Å². The van der Waals surface area contributed by atoms with Crippen molar-refractivity contribution in [2.24, 2.45) is 0 Å². The molecule has 1 atom stereocenters. The predicted molar refractivity (Wildman–Crippen MR) is 85.7 cm³/mol. The highest BCUT2D eigenvalue weighted by molar-refractivity contribution is 6.30. The molecule has 25 heavy (non-hydrogen) atoms. The molecule has 1 heterocycles. The van der Waals surface area contributed by atoms with Crippen molar-refractivity contribution in [3.63, 3.8) is 0 Å². The summed E-state index contributed by atoms with van der Waals surface area (Å²) in [7, 11) is 0. The third-order valence-electron chi connectivity index (χ3n) is 3.68. The van der Waals surface area contributed by atoms with E-state index in [0.717, 1.165) is 6.07 Å². The zero-order valence-electron chi connectivity index (χ0n) is 13.3. The summed E-state index contributed by atoms with van der Waals surface area (Å²) in [6, 6.07) is 5.76. The molecule has 0 aromatic heterocycles. The van der Waals surface area contributed by atoms with Gasteiger partial charge >= 0.3 is 6.09 Å². The molecule has 2 amide bonds. The number of aliphatic hydroxyl groups is 1. The van der Waals surface area contributed by atoms with Gasteiger partial charge < -0.3 is 20.1 Å². The first-order chi connectivity index (χ1) is 11.8. The van der Waals surface area contributed by atoms with E-state index in [-0.39, 0.29) is 24.5 Å². The Labute approximate surface area is 148 Å². The van der Waals surface area contributed by atoms with Gasteiger partial charge in [0.05, 0.1) is 6.07 Å². The van der Waals surface area contributed by atoms with Crippen molar-refractivity contribution in [2.75, 3.05) is 13.1 Å². The molecule has 0 bridgehead atoms. The van der Waals surface area contributed by atoms with Crippen LogP contribution in [0.2, 0.25) is 5.02 Å². The highest BCUT2D eigenvalue weighted by atomic mass is 35.5. The van der Waals surface area contributed by atoms with E-state index >= 15 is 0 Å². The van der Waals surface area contributed by atoms with Gasteiger partial charge in [0.15, 0.2) is 0 Å². The third-order valence-corrected chi connectivity index (χ3v) is 3.90. The van der Waals surface area contributed by atoms with Gasteiger partial charge in [-0.05, 0) is 30.2 Å². The fraction of sp³-hybridized carbons (Fsp3) is 0.438. The van der Waals surface area contributed by atoms with Crippen LogP contribution in [0.3, 0.4) is 0 Å². The molecule has 1 aromatic carbocycles. The van der Waals surface area contributed by atoms with Crippen molar-refractivity contribution >= 4 is 23.6 Å². The first-order valence-electron chi connectivity index (χ1n) is 7.64. The second kappa shape index (κ2) is 8.14. The lowest BCUT2D eigenvalue weighted by Gasteiger charge is -2.22. The van der Waals surface area contributed by atoms with Gasteiger partial charge in [0.1, 0.15) is 5.82 Å². The fourth-order valence-electron chi connectivity index (χ4n) is 2.48. The number of hydrogen-bond acceptors (Lipinski definition) is 5. The summed E-state index contributed by atoms with van der Waals surface area (Å²) in [5.74, 6) is -3.49. The zero-order chi connectivity index (χ0) is 18.4. The minimum absolute atomic E-state index is 0.0579. The maximum absolute atomic E-state index is 13.2. The van der Waals surface area contributed by atoms with Gasteiger partial charge in [-0.2, -0.15) is 5.26 Å². The number of carbonyl (C=O) groups excluding carboxylic acids is 2. The maximum atomic E-state index is 13.2. The molecule has 1 aliphatic heterocycles. The molecule has 0 saturated carbocycles. The van der Waals surface area contributed by atoms with E-state index in [9.17, 15) is 19.1 Å². The molecule has 1 fully saturated rings. The van der Waals surface area contributed by atoms with E-state index < -0.39 is 23.6 Å². The number of nitrogens with one attached hydrogen (secondary N) is 1. The zero-order valence-corrected chi connectivity index (χ0v) is 14.1. The van der Waals surface area contributed by atoms with Crippen molar-refractivity contribution in [2.45, 2.75) is 31.6 Å². The first-order valence-corrected chi connectivity index (χ1v) is 8.02. The van der Waals surface area contributed by atoms with Crippen LogP contribution in [-0.2, 0) is 16.1 Å². The largest absolute Gasteiger partial charge is 0.410 e. The lowest BCUT2D eigenvalue weighted by Crippen LogP contribution is -2.46. The summed E-state index contributed by atoms with van der Waals surface area (Å²) >= 11 is 5.72. The van der Waals surface area contributed by atoms with Crippen molar-refractivity contribution in [3.05, 3.63) is 34.6 Å². The molecule has 1 unspecified atom stereocenters. The number of rotatable bonds is 6. The number of hydrogen-bond donors (Lipinski definition) is 2. The Morgan fingerprint density at radius 1 is 1.52 bits per heavy atom. The second-order valence-corrected chi connectivity index (χ2v) is 6.05. The smallest absolute Gasteiger partial charge is 0.407 e. The number of nitriles is 1. The Bertz CT molecular complexity index is 689. The molecule has 1 aliphatic rings. The standard InChI is InChI=1S/C16H17ClFN3O4/c17-12-7-11(8-13(18)9-12)10-20-15(23)25-16(24)3-6-21(14(16)22)5-2-1-4-19/h7-9,24H,1-3,5-6,10H2,(H,20,23). The van der Waals surface area contributed by atoms with Crippen LogP contribution in [0.5, 0.6) is 0 Å². The van der Waals surface area contributed by atoms with Crippen molar-refractivity contribution in [1.82, 2.24) is 10.2 Å². The molecule has 0 spiro atoms. The van der Waals surface area contributed by atoms with E-state index in [4.69, 9.17) is 21.6 Å². The number of benzene rings is 1. The Balaban J connectivity index is 1.87. The van der Waals surface area contributed by atoms with Crippen molar-refractivity contribution in [3.8, 4) is 6.07 Å². The first kappa shape index (κ1) is 19.0. The Hall–Kier alpha value is -2.37. The minimum atomic E-state index is -2.23. The number of halogens is 2. The molecule has 9 heteroatoms. The van der Waals surface area contributed by atoms with Crippen LogP contribution in [0.4, 0.5) is 9.18 Å². The molecule has 2 rings (SSSR count). The van der Waals surface area contributed by atoms with Gasteiger partial charge in [-0.25, -0.2) is 9.18 Å². The maximum Gasteiger partial charge on any atom is 0.410 e. The Morgan fingerprint density at radius 3 is 2.96 bits per heavy atom. The van der Waals surface area contributed by atoms with Crippen LogP contribution >= 0.6 is 11.6 Å². The molecule has 2 N–H and O–H groups in total. The van der Waals surface area contributed by atoms with Crippen molar-refractivity contribution in [1.29, 1.82) is 5.26 Å². The van der Waals surface area contributed by atoms with E-state index in [1.165, 1.54) is 17.0 Å². The van der Waals surface area contributed by atoms with Gasteiger partial charge in [0.2, 0.25) is 0 Å². The average Bonchev–Trinajstić information content (AvgIpc) is 2.81. The summed E-state index contributed by atoms with van der Waals surface area (Å²) in [6.07, 6.45) is -0.294. The van der Waals surface area contributed by atoms with Gasteiger partial charge in [-0.15, -0.1) is 0 Å². The van der Waals surface area contributed by atoms with Crippen LogP contribution in [0.1, 0.15) is 24.8 Å². The number of carbonyl (C=O) groups is 2. The third kappa shape index (κ3) is 5.05. The lowest BCUT2D eigenvalue weighted by atomic mass is 10.2. The number of nitrogens with zero attached hydrogens (tertiary/aromatic N) is 2. The summed E-state index contributed by atoms with van der Waals surface area (Å²) < 4.78 is 18.1. The van der Waals surface area contributed by atoms with Crippen LogP contribution < -0.4 is 5.32 Å². The minimum Gasteiger partial charge on any atom is -0.407 e. The van der Waals surface area contributed by atoms with Crippen LogP contribution in [0.15, 0.2) is 18.2 Å². The van der Waals surface area contributed by atoms with Crippen LogP contribution in [-0.4, -0.2) is 40.9 Å². The Kier molecular flexibility index (Phi) is 6.17. The molecule has 0 radical (unpaired) electrons.